The van der Waals surface area contributed by atoms with Gasteiger partial charge in [-0.05, 0) is 51.1 Å². The maximum absolute atomic E-state index is 12.4. The number of amides is 1. The van der Waals surface area contributed by atoms with Gasteiger partial charge < -0.3 is 19.5 Å². The zero-order valence-corrected chi connectivity index (χ0v) is 17.1. The van der Waals surface area contributed by atoms with Crippen LogP contribution in [0.3, 0.4) is 0 Å². The summed E-state index contributed by atoms with van der Waals surface area (Å²) < 4.78 is 16.8. The van der Waals surface area contributed by atoms with Crippen molar-refractivity contribution in [3.05, 3.63) is 47.5 Å². The van der Waals surface area contributed by atoms with E-state index in [4.69, 9.17) is 14.2 Å². The Hall–Kier alpha value is -3.02. The zero-order chi connectivity index (χ0) is 20.8. The fourth-order valence-corrected chi connectivity index (χ4v) is 3.30. The maximum Gasteiger partial charge on any atom is 0.224 e. The molecule has 6 nitrogen and oxygen atoms in total. The molecule has 2 aromatic carbocycles. The number of rotatable bonds is 9. The van der Waals surface area contributed by atoms with E-state index in [9.17, 15) is 9.59 Å². The van der Waals surface area contributed by atoms with Crippen LogP contribution < -0.4 is 19.5 Å². The molecule has 2 aromatic rings. The third-order valence-corrected chi connectivity index (χ3v) is 4.64. The minimum absolute atomic E-state index is 0.0839. The van der Waals surface area contributed by atoms with Crippen molar-refractivity contribution in [1.29, 1.82) is 0 Å². The van der Waals surface area contributed by atoms with Crippen LogP contribution in [0.2, 0.25) is 0 Å². The molecular formula is C23H27NO5. The molecule has 29 heavy (non-hydrogen) atoms. The largest absolute Gasteiger partial charge is 0.494 e. The first-order valence-corrected chi connectivity index (χ1v) is 10.0. The Bertz CT molecular complexity index is 876. The number of carbonyl (C=O) groups excluding carboxylic acids is 2. The minimum atomic E-state index is -0.240. The molecule has 1 aliphatic rings. The van der Waals surface area contributed by atoms with Crippen LogP contribution in [0.1, 0.15) is 49.5 Å². The molecule has 0 fully saturated rings. The van der Waals surface area contributed by atoms with Gasteiger partial charge in [-0.25, -0.2) is 0 Å². The number of Topliss-reactive ketones (excluding diaryl/α,β-unsaturated/α-hetero) is 1. The van der Waals surface area contributed by atoms with E-state index in [0.29, 0.717) is 30.2 Å². The summed E-state index contributed by atoms with van der Waals surface area (Å²) in [5, 5.41) is 2.86. The van der Waals surface area contributed by atoms with Crippen LogP contribution in [-0.2, 0) is 11.2 Å². The number of ketones is 1. The summed E-state index contributed by atoms with van der Waals surface area (Å²) in [7, 11) is 0. The van der Waals surface area contributed by atoms with E-state index in [1.54, 1.807) is 30.3 Å². The highest BCUT2D eigenvalue weighted by Gasteiger charge is 2.22. The molecule has 154 valence electrons. The molecule has 1 atom stereocenters. The van der Waals surface area contributed by atoms with Crippen LogP contribution in [0.15, 0.2) is 36.4 Å². The lowest BCUT2D eigenvalue weighted by molar-refractivity contribution is -0.116. The second-order valence-corrected chi connectivity index (χ2v) is 6.95. The Labute approximate surface area is 171 Å². The Kier molecular flexibility index (Phi) is 6.75. The molecular weight excluding hydrogens is 370 g/mol. The van der Waals surface area contributed by atoms with Crippen LogP contribution in [-0.4, -0.2) is 31.0 Å². The van der Waals surface area contributed by atoms with Gasteiger partial charge in [0.1, 0.15) is 23.4 Å². The molecule has 1 amide bonds. The summed E-state index contributed by atoms with van der Waals surface area (Å²) in [6.45, 7) is 6.87. The van der Waals surface area contributed by atoms with E-state index in [1.807, 2.05) is 26.8 Å². The topological polar surface area (TPSA) is 73.9 Å². The fourth-order valence-electron chi connectivity index (χ4n) is 3.30. The monoisotopic (exact) mass is 397 g/mol. The molecule has 1 N–H and O–H groups in total. The normalized spacial score (nSPS) is 14.7. The number of nitrogens with one attached hydrogen (secondary N) is 1. The number of anilines is 1. The van der Waals surface area contributed by atoms with E-state index < -0.39 is 0 Å². The molecule has 0 saturated carbocycles. The van der Waals surface area contributed by atoms with Crippen LogP contribution in [0, 0.1) is 0 Å². The van der Waals surface area contributed by atoms with E-state index in [1.165, 1.54) is 0 Å². The third-order valence-electron chi connectivity index (χ3n) is 4.64. The van der Waals surface area contributed by atoms with Gasteiger partial charge >= 0.3 is 0 Å². The van der Waals surface area contributed by atoms with Crippen molar-refractivity contribution in [2.45, 2.75) is 46.1 Å². The van der Waals surface area contributed by atoms with Gasteiger partial charge in [-0.3, -0.25) is 9.59 Å². The Morgan fingerprint density at radius 1 is 1.07 bits per heavy atom. The molecule has 1 unspecified atom stereocenters. The summed E-state index contributed by atoms with van der Waals surface area (Å²) >= 11 is 0. The summed E-state index contributed by atoms with van der Waals surface area (Å²) in [5.74, 6) is 1.78. The lowest BCUT2D eigenvalue weighted by Gasteiger charge is -2.13. The molecule has 0 radical (unpaired) electrons. The zero-order valence-electron chi connectivity index (χ0n) is 17.1. The minimum Gasteiger partial charge on any atom is -0.494 e. The molecule has 0 aliphatic carbocycles. The van der Waals surface area contributed by atoms with Crippen molar-refractivity contribution >= 4 is 17.4 Å². The number of benzene rings is 2. The first-order valence-electron chi connectivity index (χ1n) is 10.0. The first kappa shape index (κ1) is 20.7. The molecule has 0 bridgehead atoms. The van der Waals surface area contributed by atoms with Gasteiger partial charge in [0.05, 0.1) is 18.9 Å². The molecule has 0 aromatic heterocycles. The second-order valence-electron chi connectivity index (χ2n) is 6.95. The van der Waals surface area contributed by atoms with Crippen LogP contribution >= 0.6 is 0 Å². The van der Waals surface area contributed by atoms with E-state index in [-0.39, 0.29) is 30.6 Å². The van der Waals surface area contributed by atoms with Crippen LogP contribution in [0.5, 0.6) is 17.2 Å². The lowest BCUT2D eigenvalue weighted by atomic mass is 10.1. The van der Waals surface area contributed by atoms with Gasteiger partial charge in [-0.2, -0.15) is 0 Å². The average Bonchev–Trinajstić information content (AvgIpc) is 3.06. The number of carbonyl (C=O) groups is 2. The molecule has 1 heterocycles. The molecule has 1 aliphatic heterocycles. The van der Waals surface area contributed by atoms with Gasteiger partial charge in [0.2, 0.25) is 5.91 Å². The molecule has 3 rings (SSSR count). The van der Waals surface area contributed by atoms with Crippen molar-refractivity contribution in [3.63, 3.8) is 0 Å². The summed E-state index contributed by atoms with van der Waals surface area (Å²) in [5.41, 5.74) is 2.21. The summed E-state index contributed by atoms with van der Waals surface area (Å²) in [6.07, 6.45) is 1.14. The Morgan fingerprint density at radius 2 is 1.79 bits per heavy atom. The smallest absolute Gasteiger partial charge is 0.224 e. The maximum atomic E-state index is 12.4. The van der Waals surface area contributed by atoms with Crippen molar-refractivity contribution in [2.75, 3.05) is 18.5 Å². The van der Waals surface area contributed by atoms with E-state index >= 15 is 0 Å². The quantitative estimate of drug-likeness (QED) is 0.635. The van der Waals surface area contributed by atoms with Crippen molar-refractivity contribution in [1.82, 2.24) is 0 Å². The number of hydrogen-bond acceptors (Lipinski definition) is 5. The van der Waals surface area contributed by atoms with E-state index in [0.717, 1.165) is 23.5 Å². The number of hydrogen-bond donors (Lipinski definition) is 1. The molecule has 0 spiro atoms. The lowest BCUT2D eigenvalue weighted by Crippen LogP contribution is -2.14. The standard InChI is InChI=1S/C23H27NO5/c1-4-27-18-8-6-16(7-9-18)20(25)10-11-23(26)24-19-14-21-17(12-15(3)29-21)13-22(19)28-5-2/h6-9,13-15H,4-5,10-12H2,1-3H3,(H,24,26). The SMILES string of the molecule is CCOc1ccc(C(=O)CCC(=O)Nc2cc3c(cc2OCC)CC(C)O3)cc1. The van der Waals surface area contributed by atoms with Gasteiger partial charge in [-0.15, -0.1) is 0 Å². The third kappa shape index (κ3) is 5.28. The van der Waals surface area contributed by atoms with Gasteiger partial charge in [0.25, 0.3) is 0 Å². The second kappa shape index (κ2) is 9.45. The number of fused-ring (bicyclic) bond motifs is 1. The first-order chi connectivity index (χ1) is 14.0. The van der Waals surface area contributed by atoms with Crippen molar-refractivity contribution in [3.8, 4) is 17.2 Å². The van der Waals surface area contributed by atoms with Gasteiger partial charge in [0.15, 0.2) is 5.78 Å². The molecule has 0 saturated heterocycles. The van der Waals surface area contributed by atoms with Crippen molar-refractivity contribution < 1.29 is 23.8 Å². The summed E-state index contributed by atoms with van der Waals surface area (Å²) in [4.78, 5) is 24.8. The Morgan fingerprint density at radius 3 is 2.48 bits per heavy atom. The van der Waals surface area contributed by atoms with Gasteiger partial charge in [-0.1, -0.05) is 0 Å². The highest BCUT2D eigenvalue weighted by molar-refractivity contribution is 6.00. The highest BCUT2D eigenvalue weighted by Crippen LogP contribution is 2.38. The predicted molar refractivity (Wildman–Crippen MR) is 111 cm³/mol. The Balaban J connectivity index is 1.60. The van der Waals surface area contributed by atoms with Crippen LogP contribution in [0.25, 0.3) is 0 Å². The summed E-state index contributed by atoms with van der Waals surface area (Å²) in [6, 6.07) is 10.7. The highest BCUT2D eigenvalue weighted by atomic mass is 16.5. The van der Waals surface area contributed by atoms with E-state index in [2.05, 4.69) is 5.32 Å². The predicted octanol–water partition coefficient (Wildman–Crippen LogP) is 4.41. The molecule has 6 heteroatoms. The van der Waals surface area contributed by atoms with Gasteiger partial charge in [0, 0.05) is 36.5 Å². The van der Waals surface area contributed by atoms with Crippen LogP contribution in [0.4, 0.5) is 5.69 Å². The fraction of sp³-hybridized carbons (Fsp3) is 0.391. The average molecular weight is 397 g/mol. The number of ether oxygens (including phenoxy) is 3. The van der Waals surface area contributed by atoms with Crippen molar-refractivity contribution in [2.24, 2.45) is 0 Å².